The van der Waals surface area contributed by atoms with Crippen molar-refractivity contribution in [3.8, 4) is 0 Å². The van der Waals surface area contributed by atoms with E-state index in [2.05, 4.69) is 23.6 Å². The monoisotopic (exact) mass is 284 g/mol. The second-order valence-corrected chi connectivity index (χ2v) is 6.02. The minimum atomic E-state index is -3.81. The van der Waals surface area contributed by atoms with E-state index in [0.29, 0.717) is 0 Å². The predicted octanol–water partition coefficient (Wildman–Crippen LogP) is -3.24. The Bertz CT molecular complexity index is 144. The molecule has 0 aliphatic heterocycles. The summed E-state index contributed by atoms with van der Waals surface area (Å²) in [5.74, 6) is 0. The normalized spacial score (nSPS) is 9.08. The van der Waals surface area contributed by atoms with Crippen molar-refractivity contribution in [2.45, 2.75) is 14.9 Å². The molecule has 0 bridgehead atoms. The first-order valence-corrected chi connectivity index (χ1v) is 6.89. The van der Waals surface area contributed by atoms with E-state index >= 15 is 0 Å². The van der Waals surface area contributed by atoms with Crippen LogP contribution >= 0.6 is 13.4 Å². The van der Waals surface area contributed by atoms with Crippen LogP contribution in [0.4, 0.5) is 0 Å². The molecule has 82 valence electrons. The Hall–Kier alpha value is 2.06. The summed E-state index contributed by atoms with van der Waals surface area (Å²) in [4.78, 5) is 45.3. The van der Waals surface area contributed by atoms with Crippen molar-refractivity contribution < 1.29 is 60.3 Å². The molecule has 0 fully saturated rings. The van der Waals surface area contributed by atoms with Gasteiger partial charge < -0.3 is 30.8 Å². The van der Waals surface area contributed by atoms with Crippen LogP contribution in [0, 0.1) is 0 Å². The molecule has 0 aromatic carbocycles. The predicted molar refractivity (Wildman–Crippen MR) is 56.5 cm³/mol. The first-order valence-electron chi connectivity index (χ1n) is 1.57. The van der Waals surface area contributed by atoms with Gasteiger partial charge in [0.1, 0.15) is 0 Å². The van der Waals surface area contributed by atoms with Gasteiger partial charge in [0, 0.05) is 0 Å². The minimum Gasteiger partial charge on any atom is -1.00 e. The molecule has 0 aromatic heterocycles. The molecule has 0 saturated carbocycles. The second kappa shape index (κ2) is 12.1. The molecule has 0 aromatic rings. The fourth-order valence-corrected chi connectivity index (χ4v) is 0. The van der Waals surface area contributed by atoms with Gasteiger partial charge in [0.15, 0.2) is 0 Å². The van der Waals surface area contributed by atoms with Gasteiger partial charge in [-0.05, 0) is 23.6 Å². The molecule has 0 rings (SSSR count). The van der Waals surface area contributed by atoms with Crippen LogP contribution in [0.15, 0.2) is 0 Å². The Balaban J connectivity index is -0.0000000178. The molecule has 0 atom stereocenters. The first kappa shape index (κ1) is 29.4. The van der Waals surface area contributed by atoms with E-state index in [4.69, 9.17) is 29.4 Å². The summed E-state index contributed by atoms with van der Waals surface area (Å²) in [6.45, 7) is -7.61. The third kappa shape index (κ3) is 482. The third-order valence-corrected chi connectivity index (χ3v) is 0. The SMILES string of the molecule is C.C.OP(O)(O)=S.OP(O)(O)=S.[H-].[Na+]. The van der Waals surface area contributed by atoms with Crippen molar-refractivity contribution in [1.82, 2.24) is 0 Å². The number of rotatable bonds is 0. The van der Waals surface area contributed by atoms with Crippen LogP contribution in [0.5, 0.6) is 0 Å². The van der Waals surface area contributed by atoms with E-state index in [1.165, 1.54) is 0 Å². The van der Waals surface area contributed by atoms with Crippen molar-refractivity contribution >= 4 is 37.1 Å². The van der Waals surface area contributed by atoms with Crippen molar-refractivity contribution in [1.29, 1.82) is 0 Å². The summed E-state index contributed by atoms with van der Waals surface area (Å²) in [6.07, 6.45) is 0. The molecule has 0 amide bonds. The molecule has 6 nitrogen and oxygen atoms in total. The van der Waals surface area contributed by atoms with Crippen molar-refractivity contribution in [3.63, 3.8) is 0 Å². The molecule has 11 heteroatoms. The molecule has 0 aliphatic rings. The molecule has 0 saturated heterocycles. The van der Waals surface area contributed by atoms with Crippen LogP contribution in [-0.2, 0) is 23.6 Å². The average Bonchev–Trinajstić information content (AvgIpc) is 1.12. The van der Waals surface area contributed by atoms with Gasteiger partial charge in [0.05, 0.1) is 0 Å². The maximum absolute atomic E-state index is 7.56. The van der Waals surface area contributed by atoms with Gasteiger partial charge in [-0.25, -0.2) is 0 Å². The zero-order valence-corrected chi connectivity index (χ0v) is 10.8. The quantitative estimate of drug-likeness (QED) is 0.203. The molecule has 0 heterocycles. The Morgan fingerprint density at radius 1 is 0.692 bits per heavy atom. The summed E-state index contributed by atoms with van der Waals surface area (Å²) in [7, 11) is 0. The second-order valence-electron chi connectivity index (χ2n) is 1.03. The largest absolute Gasteiger partial charge is 1.00 e. The Kier molecular flexibility index (Phi) is 27.5. The number of hydrogen-bond acceptors (Lipinski definition) is 2. The van der Waals surface area contributed by atoms with Gasteiger partial charge in [-0.1, -0.05) is 14.9 Å². The fraction of sp³-hybridized carbons (Fsp3) is 1.00. The van der Waals surface area contributed by atoms with E-state index in [0.717, 1.165) is 0 Å². The van der Waals surface area contributed by atoms with Gasteiger partial charge in [0.2, 0.25) is 0 Å². The summed E-state index contributed by atoms with van der Waals surface area (Å²) >= 11 is 7.21. The van der Waals surface area contributed by atoms with Gasteiger partial charge in [0.25, 0.3) is 0 Å². The zero-order valence-electron chi connectivity index (χ0n) is 6.39. The van der Waals surface area contributed by atoms with Crippen molar-refractivity contribution in [2.24, 2.45) is 0 Å². The molecule has 0 radical (unpaired) electrons. The van der Waals surface area contributed by atoms with Crippen LogP contribution in [0.3, 0.4) is 0 Å². The van der Waals surface area contributed by atoms with Gasteiger partial charge >= 0.3 is 43.0 Å². The minimum absolute atomic E-state index is 0. The van der Waals surface area contributed by atoms with E-state index in [-0.39, 0.29) is 45.8 Å². The maximum atomic E-state index is 7.56. The van der Waals surface area contributed by atoms with E-state index < -0.39 is 13.4 Å². The molecule has 0 aliphatic carbocycles. The number of hydrogen-bond donors (Lipinski definition) is 6. The average molecular weight is 284 g/mol. The van der Waals surface area contributed by atoms with Crippen LogP contribution in [0.1, 0.15) is 16.3 Å². The van der Waals surface area contributed by atoms with E-state index in [9.17, 15) is 0 Å². The molecule has 13 heavy (non-hydrogen) atoms. The first-order chi connectivity index (χ1) is 4.00. The summed E-state index contributed by atoms with van der Waals surface area (Å²) < 4.78 is 0. The van der Waals surface area contributed by atoms with Gasteiger partial charge in [-0.15, -0.1) is 0 Å². The Morgan fingerprint density at radius 2 is 0.692 bits per heavy atom. The Morgan fingerprint density at radius 3 is 0.692 bits per heavy atom. The standard InChI is InChI=1S/2CH4.Na.2H3O3PS.H/c;;;2*1-4(2,3)5;/h2*1H4;;2*(H3,1,2,3,5);/q;;+1;;;-1. The van der Waals surface area contributed by atoms with E-state index in [1.54, 1.807) is 0 Å². The third-order valence-electron chi connectivity index (χ3n) is 0. The van der Waals surface area contributed by atoms with E-state index in [1.807, 2.05) is 0 Å². The maximum Gasteiger partial charge on any atom is 1.00 e. The molecular formula is C2H15NaO6P2S2. The molecule has 6 N–H and O–H groups in total. The van der Waals surface area contributed by atoms with Gasteiger partial charge in [-0.2, -0.15) is 0 Å². The summed E-state index contributed by atoms with van der Waals surface area (Å²) in [5.41, 5.74) is 0. The molecule has 0 spiro atoms. The van der Waals surface area contributed by atoms with Crippen LogP contribution < -0.4 is 29.6 Å². The molecular weight excluding hydrogens is 269 g/mol. The van der Waals surface area contributed by atoms with Gasteiger partial charge in [-0.3, -0.25) is 0 Å². The van der Waals surface area contributed by atoms with Crippen LogP contribution in [-0.4, -0.2) is 29.4 Å². The summed E-state index contributed by atoms with van der Waals surface area (Å²) in [6, 6.07) is 0. The summed E-state index contributed by atoms with van der Waals surface area (Å²) in [5, 5.41) is 0. The fourth-order valence-electron chi connectivity index (χ4n) is 0. The molecule has 0 unspecified atom stereocenters. The topological polar surface area (TPSA) is 121 Å². The van der Waals surface area contributed by atoms with Crippen molar-refractivity contribution in [3.05, 3.63) is 0 Å². The van der Waals surface area contributed by atoms with Crippen molar-refractivity contribution in [2.75, 3.05) is 0 Å². The Labute approximate surface area is 112 Å². The zero-order chi connectivity index (χ0) is 9.00. The van der Waals surface area contributed by atoms with Crippen LogP contribution in [0.2, 0.25) is 0 Å². The smallest absolute Gasteiger partial charge is 1.00 e. The van der Waals surface area contributed by atoms with Crippen LogP contribution in [0.25, 0.3) is 0 Å².